The van der Waals surface area contributed by atoms with Crippen molar-refractivity contribution in [2.75, 3.05) is 13.2 Å². The van der Waals surface area contributed by atoms with Gasteiger partial charge in [0.15, 0.2) is 0 Å². The summed E-state index contributed by atoms with van der Waals surface area (Å²) in [6.45, 7) is 1.71. The molecule has 3 N–H and O–H groups in total. The van der Waals surface area contributed by atoms with Crippen LogP contribution in [0.3, 0.4) is 0 Å². The lowest BCUT2D eigenvalue weighted by atomic mass is 10.4. The van der Waals surface area contributed by atoms with E-state index in [2.05, 4.69) is 20.0 Å². The number of imidazole rings is 1. The number of carbonyl (C=O) groups excluding carboxylic acids is 2. The molecule has 0 aliphatic carbocycles. The van der Waals surface area contributed by atoms with Gasteiger partial charge in [-0.15, -0.1) is 0 Å². The Bertz CT molecular complexity index is 406. The lowest BCUT2D eigenvalue weighted by molar-refractivity contribution is -0.141. The number of ether oxygens (including phenoxy) is 1. The first-order valence-electron chi connectivity index (χ1n) is 4.35. The van der Waals surface area contributed by atoms with Crippen LogP contribution in [0.5, 0.6) is 0 Å². The number of aromatic nitrogens is 2. The van der Waals surface area contributed by atoms with Crippen LogP contribution >= 0.6 is 0 Å². The van der Waals surface area contributed by atoms with Crippen molar-refractivity contribution in [3.63, 3.8) is 0 Å². The molecule has 1 rings (SSSR count). The SMILES string of the molecule is CCOC(=O)CNC(=O)c1c[nH]c(=O)[nH]1. The number of hydrogen-bond acceptors (Lipinski definition) is 4. The number of aromatic amines is 2. The lowest BCUT2D eigenvalue weighted by Gasteiger charge is -2.02. The minimum atomic E-state index is -0.540. The highest BCUT2D eigenvalue weighted by Crippen LogP contribution is 1.86. The molecule has 0 atom stereocenters. The molecule has 82 valence electrons. The molecule has 7 nitrogen and oxygen atoms in total. The maximum atomic E-state index is 11.3. The van der Waals surface area contributed by atoms with E-state index in [9.17, 15) is 14.4 Å². The summed E-state index contributed by atoms with van der Waals surface area (Å²) < 4.78 is 4.60. The van der Waals surface area contributed by atoms with Crippen LogP contribution in [-0.2, 0) is 9.53 Å². The Labute approximate surface area is 84.8 Å². The number of carbonyl (C=O) groups is 2. The van der Waals surface area contributed by atoms with E-state index in [1.54, 1.807) is 6.92 Å². The number of amides is 1. The molecule has 0 aromatic carbocycles. The summed E-state index contributed by atoms with van der Waals surface area (Å²) in [4.78, 5) is 37.3. The van der Waals surface area contributed by atoms with E-state index in [0.29, 0.717) is 0 Å². The van der Waals surface area contributed by atoms with E-state index in [4.69, 9.17) is 0 Å². The Morgan fingerprint density at radius 2 is 2.27 bits per heavy atom. The Kier molecular flexibility index (Phi) is 3.67. The van der Waals surface area contributed by atoms with Gasteiger partial charge in [-0.05, 0) is 6.92 Å². The Balaban J connectivity index is 2.43. The molecule has 0 aliphatic rings. The van der Waals surface area contributed by atoms with Crippen LogP contribution in [-0.4, -0.2) is 35.0 Å². The number of nitrogens with one attached hydrogen (secondary N) is 3. The summed E-state index contributed by atoms with van der Waals surface area (Å²) in [6.07, 6.45) is 1.23. The Morgan fingerprint density at radius 3 is 2.80 bits per heavy atom. The number of esters is 1. The molecule has 0 bridgehead atoms. The average molecular weight is 213 g/mol. The number of rotatable bonds is 4. The fourth-order valence-electron chi connectivity index (χ4n) is 0.914. The van der Waals surface area contributed by atoms with Crippen LogP contribution in [0.2, 0.25) is 0 Å². The molecule has 0 saturated carbocycles. The highest BCUT2D eigenvalue weighted by Gasteiger charge is 2.09. The van der Waals surface area contributed by atoms with Gasteiger partial charge in [0, 0.05) is 6.20 Å². The topological polar surface area (TPSA) is 104 Å². The molecule has 1 amide bonds. The van der Waals surface area contributed by atoms with E-state index in [0.717, 1.165) is 0 Å². The van der Waals surface area contributed by atoms with Gasteiger partial charge in [-0.3, -0.25) is 9.59 Å². The first-order valence-corrected chi connectivity index (χ1v) is 4.35. The van der Waals surface area contributed by atoms with Gasteiger partial charge in [-0.2, -0.15) is 0 Å². The largest absolute Gasteiger partial charge is 0.465 e. The van der Waals surface area contributed by atoms with Crippen molar-refractivity contribution < 1.29 is 14.3 Å². The Hall–Kier alpha value is -2.05. The van der Waals surface area contributed by atoms with E-state index >= 15 is 0 Å². The molecule has 0 fully saturated rings. The van der Waals surface area contributed by atoms with E-state index in [-0.39, 0.29) is 18.8 Å². The molecule has 7 heteroatoms. The zero-order valence-corrected chi connectivity index (χ0v) is 8.12. The molecule has 0 saturated heterocycles. The van der Waals surface area contributed by atoms with E-state index < -0.39 is 17.6 Å². The third kappa shape index (κ3) is 3.29. The second-order valence-electron chi connectivity index (χ2n) is 2.64. The van der Waals surface area contributed by atoms with Crippen molar-refractivity contribution in [2.24, 2.45) is 0 Å². The molecule has 1 aromatic heterocycles. The molecular formula is C8H11N3O4. The summed E-state index contributed by atoms with van der Waals surface area (Å²) in [5, 5.41) is 2.29. The number of H-pyrrole nitrogens is 2. The maximum absolute atomic E-state index is 11.3. The van der Waals surface area contributed by atoms with E-state index in [1.165, 1.54) is 6.20 Å². The first kappa shape index (κ1) is 11.0. The minimum Gasteiger partial charge on any atom is -0.465 e. The van der Waals surface area contributed by atoms with Crippen LogP contribution < -0.4 is 11.0 Å². The standard InChI is InChI=1S/C8H11N3O4/c1-2-15-6(12)4-9-7(13)5-3-10-8(14)11-5/h3H,2,4H2,1H3,(H,9,13)(H2,10,11,14). The molecule has 0 spiro atoms. The van der Waals surface area contributed by atoms with Gasteiger partial charge in [0.1, 0.15) is 12.2 Å². The monoisotopic (exact) mass is 213 g/mol. The second kappa shape index (κ2) is 4.99. The molecule has 0 aliphatic heterocycles. The third-order valence-corrected chi connectivity index (χ3v) is 1.54. The first-order chi connectivity index (χ1) is 7.13. The fourth-order valence-corrected chi connectivity index (χ4v) is 0.914. The molecule has 0 radical (unpaired) electrons. The summed E-state index contributed by atoms with van der Waals surface area (Å²) in [5.74, 6) is -1.06. The molecular weight excluding hydrogens is 202 g/mol. The van der Waals surface area contributed by atoms with Crippen LogP contribution in [0.15, 0.2) is 11.0 Å². The molecule has 1 heterocycles. The van der Waals surface area contributed by atoms with Gasteiger partial charge in [0.05, 0.1) is 6.61 Å². The summed E-state index contributed by atoms with van der Waals surface area (Å²) in [7, 11) is 0. The van der Waals surface area contributed by atoms with Gasteiger partial charge >= 0.3 is 11.7 Å². The van der Waals surface area contributed by atoms with Crippen molar-refractivity contribution in [3.05, 3.63) is 22.4 Å². The molecule has 15 heavy (non-hydrogen) atoms. The van der Waals surface area contributed by atoms with Crippen molar-refractivity contribution in [3.8, 4) is 0 Å². The second-order valence-corrected chi connectivity index (χ2v) is 2.64. The minimum absolute atomic E-state index is 0.0734. The predicted molar refractivity (Wildman–Crippen MR) is 50.4 cm³/mol. The average Bonchev–Trinajstić information content (AvgIpc) is 2.62. The summed E-state index contributed by atoms with van der Waals surface area (Å²) in [6, 6.07) is 0. The summed E-state index contributed by atoms with van der Waals surface area (Å²) >= 11 is 0. The van der Waals surface area contributed by atoms with Crippen molar-refractivity contribution >= 4 is 11.9 Å². The molecule has 0 unspecified atom stereocenters. The zero-order valence-electron chi connectivity index (χ0n) is 8.12. The normalized spacial score (nSPS) is 9.67. The highest BCUT2D eigenvalue weighted by atomic mass is 16.5. The highest BCUT2D eigenvalue weighted by molar-refractivity contribution is 5.93. The van der Waals surface area contributed by atoms with Crippen LogP contribution in [0.4, 0.5) is 0 Å². The van der Waals surface area contributed by atoms with Gasteiger partial charge < -0.3 is 20.0 Å². The van der Waals surface area contributed by atoms with Crippen LogP contribution in [0.1, 0.15) is 17.4 Å². The predicted octanol–water partition coefficient (Wildman–Crippen LogP) is -1.00. The van der Waals surface area contributed by atoms with Crippen molar-refractivity contribution in [2.45, 2.75) is 6.92 Å². The fraction of sp³-hybridized carbons (Fsp3) is 0.375. The lowest BCUT2D eigenvalue weighted by Crippen LogP contribution is -2.31. The van der Waals surface area contributed by atoms with Crippen LogP contribution in [0, 0.1) is 0 Å². The maximum Gasteiger partial charge on any atom is 0.325 e. The zero-order chi connectivity index (χ0) is 11.3. The summed E-state index contributed by atoms with van der Waals surface area (Å²) in [5.41, 5.74) is -0.402. The smallest absolute Gasteiger partial charge is 0.325 e. The van der Waals surface area contributed by atoms with Gasteiger partial charge in [0.25, 0.3) is 5.91 Å². The molecule has 1 aromatic rings. The van der Waals surface area contributed by atoms with Crippen molar-refractivity contribution in [1.82, 2.24) is 15.3 Å². The Morgan fingerprint density at radius 1 is 1.53 bits per heavy atom. The van der Waals surface area contributed by atoms with E-state index in [1.807, 2.05) is 0 Å². The van der Waals surface area contributed by atoms with Crippen molar-refractivity contribution in [1.29, 1.82) is 0 Å². The number of hydrogen-bond donors (Lipinski definition) is 3. The van der Waals surface area contributed by atoms with Gasteiger partial charge in [-0.1, -0.05) is 0 Å². The van der Waals surface area contributed by atoms with Crippen LogP contribution in [0.25, 0.3) is 0 Å². The van der Waals surface area contributed by atoms with Gasteiger partial charge in [0.2, 0.25) is 0 Å². The quantitative estimate of drug-likeness (QED) is 0.558. The third-order valence-electron chi connectivity index (χ3n) is 1.54. The van der Waals surface area contributed by atoms with Gasteiger partial charge in [-0.25, -0.2) is 4.79 Å².